The molecule has 2 heterocycles. The number of nitrogens with two attached hydrogens (primary N) is 1. The third kappa shape index (κ3) is 2.79. The van der Waals surface area contributed by atoms with Crippen molar-refractivity contribution in [2.24, 2.45) is 5.73 Å². The van der Waals surface area contributed by atoms with Crippen LogP contribution in [0.2, 0.25) is 0 Å². The van der Waals surface area contributed by atoms with Gasteiger partial charge in [0.25, 0.3) is 0 Å². The van der Waals surface area contributed by atoms with E-state index in [0.717, 1.165) is 11.5 Å². The van der Waals surface area contributed by atoms with Crippen LogP contribution in [0.4, 0.5) is 11.6 Å². The molecule has 0 aliphatic heterocycles. The van der Waals surface area contributed by atoms with Crippen LogP contribution < -0.4 is 11.1 Å². The van der Waals surface area contributed by atoms with Gasteiger partial charge in [0.05, 0.1) is 6.54 Å². The van der Waals surface area contributed by atoms with Crippen molar-refractivity contribution in [3.63, 3.8) is 0 Å². The van der Waals surface area contributed by atoms with Crippen molar-refractivity contribution in [2.75, 3.05) is 5.32 Å². The highest BCUT2D eigenvalue weighted by atomic mass is 15.2. The first-order valence-electron chi connectivity index (χ1n) is 5.53. The molecule has 0 saturated carbocycles. The number of hydrogen-bond donors (Lipinski definition) is 3. The van der Waals surface area contributed by atoms with E-state index >= 15 is 0 Å². The molecule has 2 aromatic heterocycles. The summed E-state index contributed by atoms with van der Waals surface area (Å²) < 4.78 is 0. The molecule has 4 N–H and O–H groups in total. The predicted molar refractivity (Wildman–Crippen MR) is 65.9 cm³/mol. The second-order valence-electron chi connectivity index (χ2n) is 4.05. The third-order valence-electron chi connectivity index (χ3n) is 2.36. The monoisotopic (exact) mass is 232 g/mol. The maximum absolute atomic E-state index is 5.48. The number of nitrogens with one attached hydrogen (secondary N) is 2. The van der Waals surface area contributed by atoms with Gasteiger partial charge in [-0.1, -0.05) is 13.8 Å². The number of aromatic amines is 1. The summed E-state index contributed by atoms with van der Waals surface area (Å²) >= 11 is 0. The van der Waals surface area contributed by atoms with Gasteiger partial charge in [-0.2, -0.15) is 5.10 Å². The van der Waals surface area contributed by atoms with Crippen molar-refractivity contribution >= 4 is 11.6 Å². The maximum Gasteiger partial charge on any atom is 0.153 e. The Kier molecular flexibility index (Phi) is 3.34. The quantitative estimate of drug-likeness (QED) is 0.743. The second-order valence-corrected chi connectivity index (χ2v) is 4.05. The summed E-state index contributed by atoms with van der Waals surface area (Å²) in [6.07, 6.45) is 1.67. The number of anilines is 2. The minimum Gasteiger partial charge on any atom is -0.324 e. The Morgan fingerprint density at radius 3 is 2.88 bits per heavy atom. The summed E-state index contributed by atoms with van der Waals surface area (Å²) in [5.74, 6) is 2.47. The van der Waals surface area contributed by atoms with E-state index in [4.69, 9.17) is 5.73 Å². The molecule has 0 atom stereocenters. The van der Waals surface area contributed by atoms with E-state index in [1.807, 2.05) is 6.07 Å². The number of rotatable bonds is 4. The second kappa shape index (κ2) is 4.92. The maximum atomic E-state index is 5.48. The highest BCUT2D eigenvalue weighted by Gasteiger charge is 2.05. The molecule has 0 aliphatic carbocycles. The molecule has 0 aliphatic rings. The molecule has 0 radical (unpaired) electrons. The zero-order chi connectivity index (χ0) is 12.3. The molecule has 0 bridgehead atoms. The Bertz CT molecular complexity index is 490. The van der Waals surface area contributed by atoms with Gasteiger partial charge in [-0.15, -0.1) is 0 Å². The van der Waals surface area contributed by atoms with Gasteiger partial charge in [-0.05, 0) is 12.0 Å². The SMILES string of the molecule is CC(C)c1cc(Nc2ccnc(CN)n2)n[nH]1. The summed E-state index contributed by atoms with van der Waals surface area (Å²) in [6.45, 7) is 4.54. The van der Waals surface area contributed by atoms with E-state index in [9.17, 15) is 0 Å². The summed E-state index contributed by atoms with van der Waals surface area (Å²) in [7, 11) is 0. The Morgan fingerprint density at radius 2 is 2.24 bits per heavy atom. The Morgan fingerprint density at radius 1 is 1.41 bits per heavy atom. The van der Waals surface area contributed by atoms with Crippen LogP contribution in [-0.2, 0) is 6.54 Å². The van der Waals surface area contributed by atoms with E-state index in [2.05, 4.69) is 39.3 Å². The molecule has 0 amide bonds. The smallest absolute Gasteiger partial charge is 0.153 e. The lowest BCUT2D eigenvalue weighted by atomic mass is 10.1. The average molecular weight is 232 g/mol. The van der Waals surface area contributed by atoms with Gasteiger partial charge in [0.15, 0.2) is 5.82 Å². The minimum absolute atomic E-state index is 0.327. The fraction of sp³-hybridized carbons (Fsp3) is 0.364. The summed E-state index contributed by atoms with van der Waals surface area (Å²) in [5, 5.41) is 10.2. The molecule has 0 aromatic carbocycles. The fourth-order valence-corrected chi connectivity index (χ4v) is 1.39. The minimum atomic E-state index is 0.327. The molecule has 6 heteroatoms. The first-order chi connectivity index (χ1) is 8.19. The van der Waals surface area contributed by atoms with Crippen molar-refractivity contribution in [2.45, 2.75) is 26.3 Å². The van der Waals surface area contributed by atoms with Gasteiger partial charge >= 0.3 is 0 Å². The number of hydrogen-bond acceptors (Lipinski definition) is 5. The zero-order valence-corrected chi connectivity index (χ0v) is 9.94. The molecule has 0 fully saturated rings. The van der Waals surface area contributed by atoms with Crippen LogP contribution in [-0.4, -0.2) is 20.2 Å². The first kappa shape index (κ1) is 11.5. The molecule has 6 nitrogen and oxygen atoms in total. The summed E-state index contributed by atoms with van der Waals surface area (Å²) in [4.78, 5) is 8.27. The predicted octanol–water partition coefficient (Wildman–Crippen LogP) is 1.53. The van der Waals surface area contributed by atoms with Gasteiger partial charge in [0, 0.05) is 18.0 Å². The molecular weight excluding hydrogens is 216 g/mol. The van der Waals surface area contributed by atoms with Gasteiger partial charge < -0.3 is 11.1 Å². The van der Waals surface area contributed by atoms with Crippen LogP contribution in [0.3, 0.4) is 0 Å². The molecule has 0 spiro atoms. The first-order valence-corrected chi connectivity index (χ1v) is 5.53. The fourth-order valence-electron chi connectivity index (χ4n) is 1.39. The van der Waals surface area contributed by atoms with Gasteiger partial charge in [0.2, 0.25) is 0 Å². The summed E-state index contributed by atoms with van der Waals surface area (Å²) in [5.41, 5.74) is 6.57. The van der Waals surface area contributed by atoms with Crippen molar-refractivity contribution in [1.29, 1.82) is 0 Å². The van der Waals surface area contributed by atoms with Crippen molar-refractivity contribution in [3.05, 3.63) is 29.8 Å². The van der Waals surface area contributed by atoms with Crippen molar-refractivity contribution < 1.29 is 0 Å². The van der Waals surface area contributed by atoms with Crippen LogP contribution >= 0.6 is 0 Å². The Hall–Kier alpha value is -1.95. The zero-order valence-electron chi connectivity index (χ0n) is 9.94. The molecule has 17 heavy (non-hydrogen) atoms. The highest BCUT2D eigenvalue weighted by molar-refractivity contribution is 5.51. The average Bonchev–Trinajstić information content (AvgIpc) is 2.78. The lowest BCUT2D eigenvalue weighted by molar-refractivity contribution is 0.811. The summed E-state index contributed by atoms with van der Waals surface area (Å²) in [6, 6.07) is 3.75. The number of nitrogens with zero attached hydrogens (tertiary/aromatic N) is 3. The van der Waals surface area contributed by atoms with E-state index in [0.29, 0.717) is 24.1 Å². The van der Waals surface area contributed by atoms with E-state index < -0.39 is 0 Å². The standard InChI is InChI=1S/C11H16N6/c1-7(2)8-5-10(17-16-8)14-9-3-4-13-11(6-12)15-9/h3-5,7H,6,12H2,1-2H3,(H2,13,14,15,16,17). The van der Waals surface area contributed by atoms with E-state index in [1.54, 1.807) is 12.3 Å². The lowest BCUT2D eigenvalue weighted by Crippen LogP contribution is -2.04. The van der Waals surface area contributed by atoms with Crippen LogP contribution in [0.5, 0.6) is 0 Å². The molecule has 2 aromatic rings. The molecule has 0 unspecified atom stereocenters. The van der Waals surface area contributed by atoms with Crippen LogP contribution in [0.15, 0.2) is 18.3 Å². The van der Waals surface area contributed by atoms with Gasteiger partial charge in [-0.3, -0.25) is 5.10 Å². The van der Waals surface area contributed by atoms with Crippen LogP contribution in [0.1, 0.15) is 31.3 Å². The highest BCUT2D eigenvalue weighted by Crippen LogP contribution is 2.17. The van der Waals surface area contributed by atoms with Crippen LogP contribution in [0.25, 0.3) is 0 Å². The van der Waals surface area contributed by atoms with E-state index in [-0.39, 0.29) is 0 Å². The van der Waals surface area contributed by atoms with Crippen molar-refractivity contribution in [1.82, 2.24) is 20.2 Å². The normalized spacial score (nSPS) is 10.8. The Balaban J connectivity index is 2.13. The molecular formula is C11H16N6. The van der Waals surface area contributed by atoms with Gasteiger partial charge in [0.1, 0.15) is 11.6 Å². The van der Waals surface area contributed by atoms with Crippen LogP contribution in [0, 0.1) is 0 Å². The van der Waals surface area contributed by atoms with Gasteiger partial charge in [-0.25, -0.2) is 9.97 Å². The third-order valence-corrected chi connectivity index (χ3v) is 2.36. The largest absolute Gasteiger partial charge is 0.324 e. The van der Waals surface area contributed by atoms with Crippen molar-refractivity contribution in [3.8, 4) is 0 Å². The molecule has 2 rings (SSSR count). The topological polar surface area (TPSA) is 92.5 Å². The van der Waals surface area contributed by atoms with E-state index in [1.165, 1.54) is 0 Å². The number of aromatic nitrogens is 4. The molecule has 90 valence electrons. The lowest BCUT2D eigenvalue weighted by Gasteiger charge is -2.02. The molecule has 0 saturated heterocycles. The Labute approximate surface area is 99.7 Å². The number of H-pyrrole nitrogens is 1.